The SMILES string of the molecule is CCCC(=O)Nc1cncc(NC(=O)CCC)n1. The normalized spacial score (nSPS) is 9.89. The first kappa shape index (κ1) is 14.1. The molecule has 98 valence electrons. The topological polar surface area (TPSA) is 84.0 Å². The van der Waals surface area contributed by atoms with Crippen molar-refractivity contribution in [1.29, 1.82) is 0 Å². The average molecular weight is 250 g/mol. The van der Waals surface area contributed by atoms with Gasteiger partial charge >= 0.3 is 0 Å². The van der Waals surface area contributed by atoms with Crippen LogP contribution in [0, 0.1) is 0 Å². The van der Waals surface area contributed by atoms with Crippen LogP contribution in [0.15, 0.2) is 12.4 Å². The van der Waals surface area contributed by atoms with Crippen molar-refractivity contribution in [1.82, 2.24) is 9.97 Å². The summed E-state index contributed by atoms with van der Waals surface area (Å²) in [5, 5.41) is 5.25. The minimum absolute atomic E-state index is 0.108. The van der Waals surface area contributed by atoms with Gasteiger partial charge in [-0.1, -0.05) is 13.8 Å². The molecule has 1 heterocycles. The number of anilines is 2. The third-order valence-electron chi connectivity index (χ3n) is 2.12. The number of carbonyl (C=O) groups is 2. The predicted molar refractivity (Wildman–Crippen MR) is 69.1 cm³/mol. The molecule has 1 aromatic rings. The minimum Gasteiger partial charge on any atom is -0.309 e. The Morgan fingerprint density at radius 1 is 1.00 bits per heavy atom. The van der Waals surface area contributed by atoms with E-state index in [2.05, 4.69) is 20.6 Å². The molecule has 0 aromatic carbocycles. The highest BCUT2D eigenvalue weighted by Gasteiger charge is 2.05. The quantitative estimate of drug-likeness (QED) is 0.808. The van der Waals surface area contributed by atoms with E-state index in [1.807, 2.05) is 13.8 Å². The van der Waals surface area contributed by atoms with Crippen LogP contribution in [0.2, 0.25) is 0 Å². The van der Waals surface area contributed by atoms with Gasteiger partial charge in [-0.25, -0.2) is 4.98 Å². The monoisotopic (exact) mass is 250 g/mol. The van der Waals surface area contributed by atoms with E-state index in [1.54, 1.807) is 0 Å². The molecule has 0 aliphatic carbocycles. The van der Waals surface area contributed by atoms with Crippen LogP contribution in [-0.4, -0.2) is 21.8 Å². The first-order valence-electron chi connectivity index (χ1n) is 6.07. The lowest BCUT2D eigenvalue weighted by Gasteiger charge is -2.06. The fraction of sp³-hybridized carbons (Fsp3) is 0.500. The maximum Gasteiger partial charge on any atom is 0.225 e. The number of aromatic nitrogens is 2. The summed E-state index contributed by atoms with van der Waals surface area (Å²) >= 11 is 0. The van der Waals surface area contributed by atoms with Gasteiger partial charge in [0.15, 0.2) is 11.6 Å². The molecule has 18 heavy (non-hydrogen) atoms. The fourth-order valence-corrected chi connectivity index (χ4v) is 1.35. The molecule has 0 spiro atoms. The molecule has 6 nitrogen and oxygen atoms in total. The standard InChI is InChI=1S/C12H18N4O2/c1-3-5-11(17)15-9-7-13-8-10(14-9)16-12(18)6-4-2/h7-8H,3-6H2,1-2H3,(H2,14,15,16,17,18). The van der Waals surface area contributed by atoms with Crippen molar-refractivity contribution in [2.75, 3.05) is 10.6 Å². The van der Waals surface area contributed by atoms with E-state index < -0.39 is 0 Å². The maximum atomic E-state index is 11.4. The number of nitrogens with one attached hydrogen (secondary N) is 2. The van der Waals surface area contributed by atoms with Crippen LogP contribution < -0.4 is 10.6 Å². The largest absolute Gasteiger partial charge is 0.309 e. The zero-order chi connectivity index (χ0) is 13.4. The van der Waals surface area contributed by atoms with E-state index in [-0.39, 0.29) is 11.8 Å². The number of hydrogen-bond donors (Lipinski definition) is 2. The van der Waals surface area contributed by atoms with Crippen molar-refractivity contribution in [2.24, 2.45) is 0 Å². The van der Waals surface area contributed by atoms with Gasteiger partial charge in [0.25, 0.3) is 0 Å². The van der Waals surface area contributed by atoms with Gasteiger partial charge in [-0.05, 0) is 12.8 Å². The Morgan fingerprint density at radius 2 is 1.44 bits per heavy atom. The Kier molecular flexibility index (Phi) is 5.76. The first-order valence-corrected chi connectivity index (χ1v) is 6.07. The van der Waals surface area contributed by atoms with Crippen LogP contribution >= 0.6 is 0 Å². The van der Waals surface area contributed by atoms with E-state index in [9.17, 15) is 9.59 Å². The van der Waals surface area contributed by atoms with Gasteiger partial charge in [0.1, 0.15) is 0 Å². The second-order valence-electron chi connectivity index (χ2n) is 3.89. The molecule has 0 aliphatic rings. The minimum atomic E-state index is -0.108. The van der Waals surface area contributed by atoms with Crippen molar-refractivity contribution in [3.05, 3.63) is 12.4 Å². The fourth-order valence-electron chi connectivity index (χ4n) is 1.35. The summed E-state index contributed by atoms with van der Waals surface area (Å²) in [7, 11) is 0. The van der Waals surface area contributed by atoms with Gasteiger partial charge < -0.3 is 10.6 Å². The highest BCUT2D eigenvalue weighted by atomic mass is 16.2. The van der Waals surface area contributed by atoms with Crippen molar-refractivity contribution < 1.29 is 9.59 Å². The molecule has 0 bridgehead atoms. The van der Waals surface area contributed by atoms with Crippen molar-refractivity contribution in [3.63, 3.8) is 0 Å². The molecule has 0 unspecified atom stereocenters. The number of hydrogen-bond acceptors (Lipinski definition) is 4. The van der Waals surface area contributed by atoms with Crippen LogP contribution in [-0.2, 0) is 9.59 Å². The lowest BCUT2D eigenvalue weighted by atomic mass is 10.3. The third kappa shape index (κ3) is 4.90. The maximum absolute atomic E-state index is 11.4. The molecular weight excluding hydrogens is 232 g/mol. The van der Waals surface area contributed by atoms with E-state index in [1.165, 1.54) is 12.4 Å². The zero-order valence-corrected chi connectivity index (χ0v) is 10.7. The molecule has 1 aromatic heterocycles. The van der Waals surface area contributed by atoms with E-state index >= 15 is 0 Å². The van der Waals surface area contributed by atoms with Crippen molar-refractivity contribution in [3.8, 4) is 0 Å². The lowest BCUT2D eigenvalue weighted by Crippen LogP contribution is -2.15. The molecular formula is C12H18N4O2. The van der Waals surface area contributed by atoms with E-state index in [0.29, 0.717) is 24.5 Å². The first-order chi connectivity index (χ1) is 8.65. The second kappa shape index (κ2) is 7.37. The van der Waals surface area contributed by atoms with Crippen LogP contribution in [0.25, 0.3) is 0 Å². The van der Waals surface area contributed by atoms with E-state index in [0.717, 1.165) is 12.8 Å². The number of nitrogens with zero attached hydrogens (tertiary/aromatic N) is 2. The Labute approximate surface area is 106 Å². The third-order valence-corrected chi connectivity index (χ3v) is 2.12. The summed E-state index contributed by atoms with van der Waals surface area (Å²) < 4.78 is 0. The number of carbonyl (C=O) groups excluding carboxylic acids is 2. The highest BCUT2D eigenvalue weighted by Crippen LogP contribution is 2.08. The van der Waals surface area contributed by atoms with Crippen molar-refractivity contribution in [2.45, 2.75) is 39.5 Å². The van der Waals surface area contributed by atoms with Crippen LogP contribution in [0.5, 0.6) is 0 Å². The van der Waals surface area contributed by atoms with Crippen LogP contribution in [0.1, 0.15) is 39.5 Å². The van der Waals surface area contributed by atoms with Gasteiger partial charge in [-0.3, -0.25) is 14.6 Å². The lowest BCUT2D eigenvalue weighted by molar-refractivity contribution is -0.117. The second-order valence-corrected chi connectivity index (χ2v) is 3.89. The van der Waals surface area contributed by atoms with Gasteiger partial charge in [0.2, 0.25) is 11.8 Å². The Bertz CT molecular complexity index is 385. The average Bonchev–Trinajstić information content (AvgIpc) is 2.29. The number of rotatable bonds is 6. The summed E-state index contributed by atoms with van der Waals surface area (Å²) in [6.07, 6.45) is 5.31. The number of amides is 2. The molecule has 0 saturated heterocycles. The molecule has 6 heteroatoms. The molecule has 0 radical (unpaired) electrons. The summed E-state index contributed by atoms with van der Waals surface area (Å²) in [6, 6.07) is 0. The Morgan fingerprint density at radius 3 is 1.83 bits per heavy atom. The summed E-state index contributed by atoms with van der Waals surface area (Å²) in [6.45, 7) is 3.85. The van der Waals surface area contributed by atoms with Gasteiger partial charge in [0.05, 0.1) is 12.4 Å². The summed E-state index contributed by atoms with van der Waals surface area (Å²) in [4.78, 5) is 30.8. The van der Waals surface area contributed by atoms with Gasteiger partial charge in [-0.15, -0.1) is 0 Å². The van der Waals surface area contributed by atoms with Gasteiger partial charge in [-0.2, -0.15) is 0 Å². The smallest absolute Gasteiger partial charge is 0.225 e. The molecule has 2 N–H and O–H groups in total. The molecule has 0 aliphatic heterocycles. The zero-order valence-electron chi connectivity index (χ0n) is 10.7. The predicted octanol–water partition coefficient (Wildman–Crippen LogP) is 1.95. The molecule has 0 saturated carbocycles. The summed E-state index contributed by atoms with van der Waals surface area (Å²) in [5.74, 6) is 0.484. The molecule has 0 fully saturated rings. The van der Waals surface area contributed by atoms with Crippen molar-refractivity contribution >= 4 is 23.5 Å². The van der Waals surface area contributed by atoms with E-state index in [4.69, 9.17) is 0 Å². The Hall–Kier alpha value is -1.98. The molecule has 2 amide bonds. The highest BCUT2D eigenvalue weighted by molar-refractivity contribution is 5.91. The Balaban J connectivity index is 2.61. The molecule has 0 atom stereocenters. The molecule has 1 rings (SSSR count). The summed E-state index contributed by atoms with van der Waals surface area (Å²) in [5.41, 5.74) is 0. The van der Waals surface area contributed by atoms with Gasteiger partial charge in [0, 0.05) is 12.8 Å². The van der Waals surface area contributed by atoms with Crippen LogP contribution in [0.4, 0.5) is 11.6 Å². The van der Waals surface area contributed by atoms with Crippen LogP contribution in [0.3, 0.4) is 0 Å².